The minimum absolute atomic E-state index is 0.0566. The fraction of sp³-hybridized carbons (Fsp3) is 0.125. The first-order valence-corrected chi connectivity index (χ1v) is 7.47. The zero-order valence-electron chi connectivity index (χ0n) is 11.3. The summed E-state index contributed by atoms with van der Waals surface area (Å²) in [7, 11) is 0. The second kappa shape index (κ2) is 6.10. The molecule has 0 radical (unpaired) electrons. The van der Waals surface area contributed by atoms with Crippen molar-refractivity contribution in [3.8, 4) is 0 Å². The van der Waals surface area contributed by atoms with Gasteiger partial charge in [0, 0.05) is 16.6 Å². The molecule has 5 heteroatoms. The van der Waals surface area contributed by atoms with Crippen molar-refractivity contribution in [2.75, 3.05) is 6.54 Å². The maximum atomic E-state index is 12.0. The lowest BCUT2D eigenvalue weighted by molar-refractivity contribution is 0.0954. The van der Waals surface area contributed by atoms with Crippen LogP contribution in [0.15, 0.2) is 53.3 Å². The van der Waals surface area contributed by atoms with Crippen LogP contribution in [0.5, 0.6) is 0 Å². The van der Waals surface area contributed by atoms with Crippen molar-refractivity contribution in [3.63, 3.8) is 0 Å². The van der Waals surface area contributed by atoms with Gasteiger partial charge in [-0.25, -0.2) is 4.98 Å². The Balaban J connectivity index is 1.59. The Hall–Kier alpha value is -2.14. The number of H-pyrrole nitrogens is 1. The van der Waals surface area contributed by atoms with Crippen molar-refractivity contribution in [1.29, 1.82) is 0 Å². The predicted molar refractivity (Wildman–Crippen MR) is 86.3 cm³/mol. The Morgan fingerprint density at radius 2 is 2.14 bits per heavy atom. The Bertz CT molecular complexity index is 782. The van der Waals surface area contributed by atoms with Gasteiger partial charge in [0.15, 0.2) is 0 Å². The summed E-state index contributed by atoms with van der Waals surface area (Å²) in [4.78, 5) is 19.3. The van der Waals surface area contributed by atoms with E-state index in [-0.39, 0.29) is 5.91 Å². The van der Waals surface area contributed by atoms with Gasteiger partial charge in [-0.1, -0.05) is 28.1 Å². The Labute approximate surface area is 130 Å². The van der Waals surface area contributed by atoms with Crippen molar-refractivity contribution in [2.24, 2.45) is 0 Å². The van der Waals surface area contributed by atoms with Gasteiger partial charge in [-0.05, 0) is 42.3 Å². The summed E-state index contributed by atoms with van der Waals surface area (Å²) in [5.41, 5.74) is 3.80. The van der Waals surface area contributed by atoms with Crippen LogP contribution in [0.25, 0.3) is 11.0 Å². The average molecular weight is 344 g/mol. The predicted octanol–water partition coefficient (Wildman–Crippen LogP) is 3.30. The second-order valence-electron chi connectivity index (χ2n) is 4.77. The van der Waals surface area contributed by atoms with E-state index in [2.05, 4.69) is 37.3 Å². The van der Waals surface area contributed by atoms with Gasteiger partial charge in [-0.3, -0.25) is 4.79 Å². The fourth-order valence-corrected chi connectivity index (χ4v) is 2.59. The maximum absolute atomic E-state index is 12.0. The summed E-state index contributed by atoms with van der Waals surface area (Å²) < 4.78 is 0.903. The van der Waals surface area contributed by atoms with E-state index in [9.17, 15) is 4.79 Å². The second-order valence-corrected chi connectivity index (χ2v) is 5.69. The van der Waals surface area contributed by atoms with Gasteiger partial charge in [0.05, 0.1) is 17.4 Å². The van der Waals surface area contributed by atoms with Gasteiger partial charge in [-0.15, -0.1) is 0 Å². The molecule has 0 unspecified atom stereocenters. The highest BCUT2D eigenvalue weighted by Gasteiger charge is 2.05. The summed E-state index contributed by atoms with van der Waals surface area (Å²) >= 11 is 3.37. The molecule has 0 aliphatic heterocycles. The van der Waals surface area contributed by atoms with Gasteiger partial charge in [-0.2, -0.15) is 0 Å². The highest BCUT2D eigenvalue weighted by atomic mass is 79.9. The molecule has 3 rings (SSSR count). The largest absolute Gasteiger partial charge is 0.352 e. The number of nitrogens with zero attached hydrogens (tertiary/aromatic N) is 1. The third-order valence-electron chi connectivity index (χ3n) is 3.27. The number of aromatic nitrogens is 2. The van der Waals surface area contributed by atoms with E-state index in [1.165, 1.54) is 5.56 Å². The number of benzene rings is 2. The summed E-state index contributed by atoms with van der Waals surface area (Å²) in [5.74, 6) is -0.0566. The number of carbonyl (C=O) groups excluding carboxylic acids is 1. The molecule has 0 saturated carbocycles. The molecule has 0 fully saturated rings. The third-order valence-corrected chi connectivity index (χ3v) is 3.76. The number of hydrogen-bond donors (Lipinski definition) is 2. The molecule has 1 heterocycles. The molecule has 0 atom stereocenters. The van der Waals surface area contributed by atoms with Gasteiger partial charge in [0.25, 0.3) is 5.91 Å². The lowest BCUT2D eigenvalue weighted by atomic mass is 10.1. The van der Waals surface area contributed by atoms with Crippen LogP contribution in [0, 0.1) is 0 Å². The van der Waals surface area contributed by atoms with Crippen LogP contribution in [0.3, 0.4) is 0 Å². The number of aromatic amines is 1. The van der Waals surface area contributed by atoms with Crippen LogP contribution >= 0.6 is 15.9 Å². The van der Waals surface area contributed by atoms with Crippen molar-refractivity contribution in [3.05, 3.63) is 64.4 Å². The summed E-state index contributed by atoms with van der Waals surface area (Å²) in [6.45, 7) is 0.602. The van der Waals surface area contributed by atoms with Gasteiger partial charge < -0.3 is 10.3 Å². The molecule has 4 nitrogen and oxygen atoms in total. The zero-order valence-corrected chi connectivity index (χ0v) is 12.9. The van der Waals surface area contributed by atoms with Gasteiger partial charge in [0.1, 0.15) is 0 Å². The average Bonchev–Trinajstić information content (AvgIpc) is 2.94. The van der Waals surface area contributed by atoms with E-state index in [1.807, 2.05) is 30.3 Å². The number of imidazole rings is 1. The molecule has 0 bridgehead atoms. The molecule has 0 aliphatic rings. The number of nitrogens with one attached hydrogen (secondary N) is 2. The quantitative estimate of drug-likeness (QED) is 0.763. The van der Waals surface area contributed by atoms with Crippen molar-refractivity contribution in [2.45, 2.75) is 6.42 Å². The van der Waals surface area contributed by atoms with Crippen LogP contribution in [0.4, 0.5) is 0 Å². The first-order chi connectivity index (χ1) is 10.2. The fourth-order valence-electron chi connectivity index (χ4n) is 2.19. The standard InChI is InChI=1S/C16H14BrN3O/c17-13-3-1-2-12(9-13)16(21)18-7-6-11-4-5-14-15(8-11)20-10-19-14/h1-5,8-10H,6-7H2,(H,18,21)(H,19,20). The molecule has 0 spiro atoms. The van der Waals surface area contributed by atoms with E-state index < -0.39 is 0 Å². The molecule has 1 amide bonds. The zero-order chi connectivity index (χ0) is 14.7. The van der Waals surface area contributed by atoms with E-state index >= 15 is 0 Å². The number of amides is 1. The Kier molecular flexibility index (Phi) is 4.01. The summed E-state index contributed by atoms with van der Waals surface area (Å²) in [6.07, 6.45) is 2.47. The van der Waals surface area contributed by atoms with Crippen LogP contribution < -0.4 is 5.32 Å². The first-order valence-electron chi connectivity index (χ1n) is 6.68. The molecule has 1 aromatic heterocycles. The lowest BCUT2D eigenvalue weighted by Gasteiger charge is -2.06. The SMILES string of the molecule is O=C(NCCc1ccc2nc[nH]c2c1)c1cccc(Br)c1. The molecule has 2 N–H and O–H groups in total. The van der Waals surface area contributed by atoms with Crippen molar-refractivity contribution in [1.82, 2.24) is 15.3 Å². The Morgan fingerprint density at radius 3 is 3.00 bits per heavy atom. The number of carbonyl (C=O) groups is 1. The molecule has 106 valence electrons. The van der Waals surface area contributed by atoms with E-state index in [1.54, 1.807) is 12.4 Å². The number of halogens is 1. The van der Waals surface area contributed by atoms with Gasteiger partial charge >= 0.3 is 0 Å². The topological polar surface area (TPSA) is 57.8 Å². The maximum Gasteiger partial charge on any atom is 0.251 e. The monoisotopic (exact) mass is 343 g/mol. The minimum atomic E-state index is -0.0566. The summed E-state index contributed by atoms with van der Waals surface area (Å²) in [6, 6.07) is 13.4. The highest BCUT2D eigenvalue weighted by molar-refractivity contribution is 9.10. The van der Waals surface area contributed by atoms with Crippen LogP contribution in [-0.2, 0) is 6.42 Å². The van der Waals surface area contributed by atoms with Crippen LogP contribution in [0.1, 0.15) is 15.9 Å². The molecule has 0 aliphatic carbocycles. The molecule has 3 aromatic rings. The smallest absolute Gasteiger partial charge is 0.251 e. The third kappa shape index (κ3) is 3.31. The highest BCUT2D eigenvalue weighted by Crippen LogP contribution is 2.13. The summed E-state index contributed by atoms with van der Waals surface area (Å²) in [5, 5.41) is 2.93. The normalized spacial score (nSPS) is 10.7. The van der Waals surface area contributed by atoms with Crippen LogP contribution in [-0.4, -0.2) is 22.4 Å². The minimum Gasteiger partial charge on any atom is -0.352 e. The first kappa shape index (κ1) is 13.8. The number of rotatable bonds is 4. The van der Waals surface area contributed by atoms with E-state index in [0.717, 1.165) is 21.9 Å². The molecule has 21 heavy (non-hydrogen) atoms. The van der Waals surface area contributed by atoms with Gasteiger partial charge in [0.2, 0.25) is 0 Å². The van der Waals surface area contributed by atoms with Crippen molar-refractivity contribution >= 4 is 32.9 Å². The lowest BCUT2D eigenvalue weighted by Crippen LogP contribution is -2.25. The molecule has 2 aromatic carbocycles. The van der Waals surface area contributed by atoms with Crippen molar-refractivity contribution < 1.29 is 4.79 Å². The Morgan fingerprint density at radius 1 is 1.24 bits per heavy atom. The molecule has 0 saturated heterocycles. The number of hydrogen-bond acceptors (Lipinski definition) is 2. The van der Waals surface area contributed by atoms with Crippen LogP contribution in [0.2, 0.25) is 0 Å². The number of fused-ring (bicyclic) bond motifs is 1. The molecular weight excluding hydrogens is 330 g/mol. The van der Waals surface area contributed by atoms with E-state index in [4.69, 9.17) is 0 Å². The molecular formula is C16H14BrN3O. The van der Waals surface area contributed by atoms with E-state index in [0.29, 0.717) is 12.1 Å².